The molecule has 2 aromatic rings. The zero-order chi connectivity index (χ0) is 18.6. The number of carbonyl (C=O) groups is 2. The number of Topliss-reactive ketones (excluding diaryl/α,β-unsaturated/α-hetero) is 1. The van der Waals surface area contributed by atoms with E-state index in [9.17, 15) is 14.7 Å². The summed E-state index contributed by atoms with van der Waals surface area (Å²) in [6.07, 6.45) is 5.23. The fraction of sp³-hybridized carbons (Fsp3) is 0.455. The molecular weight excluding hydrogens is 342 g/mol. The number of aryl methyl sites for hydroxylation is 1. The van der Waals surface area contributed by atoms with Gasteiger partial charge < -0.3 is 14.4 Å². The highest BCUT2D eigenvalue weighted by atomic mass is 16.3. The molecule has 5 rings (SSSR count). The van der Waals surface area contributed by atoms with Crippen LogP contribution in [0.2, 0.25) is 0 Å². The van der Waals surface area contributed by atoms with Crippen LogP contribution in [0.1, 0.15) is 63.3 Å². The summed E-state index contributed by atoms with van der Waals surface area (Å²) >= 11 is 0. The van der Waals surface area contributed by atoms with Gasteiger partial charge in [-0.05, 0) is 36.8 Å². The molecule has 2 aliphatic carbocycles. The third-order valence-corrected chi connectivity index (χ3v) is 6.73. The Labute approximate surface area is 158 Å². The van der Waals surface area contributed by atoms with E-state index in [4.69, 9.17) is 4.42 Å². The standard InChI is InChI=1S/C22H23NO4/c24-17-6-3-7-18-20(17)15(13-27-18)21(26)23-10-8-22(9-11-23)16-5-2-1-4-14(16)12-19(22)25/h1-2,4-5,13,19,25H,3,6-12H2. The van der Waals surface area contributed by atoms with Crippen molar-refractivity contribution in [2.75, 3.05) is 13.1 Å². The Balaban J connectivity index is 1.38. The van der Waals surface area contributed by atoms with Gasteiger partial charge in [0.2, 0.25) is 0 Å². The molecule has 1 saturated heterocycles. The zero-order valence-electron chi connectivity index (χ0n) is 15.2. The van der Waals surface area contributed by atoms with E-state index in [1.165, 1.54) is 17.4 Å². The number of likely N-dealkylation sites (tertiary alicyclic amines) is 1. The SMILES string of the molecule is O=C1CCCc2occ(C(=O)N3CCC4(CC3)c3ccccc3CC4O)c21. The summed E-state index contributed by atoms with van der Waals surface area (Å²) in [5.41, 5.74) is 3.12. The number of hydrogen-bond acceptors (Lipinski definition) is 4. The Morgan fingerprint density at radius 2 is 1.96 bits per heavy atom. The molecule has 1 unspecified atom stereocenters. The molecule has 1 aromatic heterocycles. The molecule has 1 atom stereocenters. The second-order valence-electron chi connectivity index (χ2n) is 8.05. The van der Waals surface area contributed by atoms with Gasteiger partial charge in [0.1, 0.15) is 12.0 Å². The fourth-order valence-corrected chi connectivity index (χ4v) is 5.23. The maximum Gasteiger partial charge on any atom is 0.257 e. The number of piperidine rings is 1. The molecule has 1 aromatic carbocycles. The van der Waals surface area contributed by atoms with Crippen molar-refractivity contribution in [3.05, 3.63) is 58.5 Å². The van der Waals surface area contributed by atoms with Gasteiger partial charge in [-0.3, -0.25) is 9.59 Å². The highest BCUT2D eigenvalue weighted by Crippen LogP contribution is 2.46. The molecule has 2 heterocycles. The van der Waals surface area contributed by atoms with Crippen molar-refractivity contribution in [3.63, 3.8) is 0 Å². The third-order valence-electron chi connectivity index (χ3n) is 6.73. The summed E-state index contributed by atoms with van der Waals surface area (Å²) < 4.78 is 5.52. The largest absolute Gasteiger partial charge is 0.468 e. The van der Waals surface area contributed by atoms with Gasteiger partial charge in [-0.1, -0.05) is 24.3 Å². The van der Waals surface area contributed by atoms with Gasteiger partial charge in [-0.2, -0.15) is 0 Å². The van der Waals surface area contributed by atoms with E-state index >= 15 is 0 Å². The van der Waals surface area contributed by atoms with Crippen LogP contribution in [0, 0.1) is 0 Å². The zero-order valence-corrected chi connectivity index (χ0v) is 15.2. The van der Waals surface area contributed by atoms with Crippen LogP contribution in [0.15, 0.2) is 34.9 Å². The first kappa shape index (κ1) is 16.8. The van der Waals surface area contributed by atoms with E-state index < -0.39 is 6.10 Å². The van der Waals surface area contributed by atoms with E-state index in [0.29, 0.717) is 42.8 Å². The van der Waals surface area contributed by atoms with Crippen LogP contribution in [0.4, 0.5) is 0 Å². The molecule has 1 spiro atoms. The summed E-state index contributed by atoms with van der Waals surface area (Å²) in [4.78, 5) is 27.1. The van der Waals surface area contributed by atoms with Gasteiger partial charge in [0.05, 0.1) is 17.2 Å². The highest BCUT2D eigenvalue weighted by Gasteiger charge is 2.48. The molecule has 5 heteroatoms. The molecule has 0 radical (unpaired) electrons. The smallest absolute Gasteiger partial charge is 0.257 e. The minimum atomic E-state index is -0.393. The van der Waals surface area contributed by atoms with Crippen LogP contribution in [-0.4, -0.2) is 40.9 Å². The van der Waals surface area contributed by atoms with Gasteiger partial charge in [0, 0.05) is 31.3 Å². The van der Waals surface area contributed by atoms with Crippen molar-refractivity contribution in [2.24, 2.45) is 0 Å². The van der Waals surface area contributed by atoms with Crippen molar-refractivity contribution in [1.29, 1.82) is 0 Å². The number of hydrogen-bond donors (Lipinski definition) is 1. The molecule has 3 aliphatic rings. The van der Waals surface area contributed by atoms with E-state index in [1.54, 1.807) is 0 Å². The first-order chi connectivity index (χ1) is 13.1. The number of rotatable bonds is 1. The molecular formula is C22H23NO4. The van der Waals surface area contributed by atoms with Crippen molar-refractivity contribution in [2.45, 2.75) is 50.0 Å². The monoisotopic (exact) mass is 365 g/mol. The van der Waals surface area contributed by atoms with Gasteiger partial charge >= 0.3 is 0 Å². The van der Waals surface area contributed by atoms with Crippen LogP contribution in [0.3, 0.4) is 0 Å². The Morgan fingerprint density at radius 1 is 1.19 bits per heavy atom. The summed E-state index contributed by atoms with van der Waals surface area (Å²) in [6.45, 7) is 1.16. The number of benzene rings is 1. The van der Waals surface area contributed by atoms with E-state index in [-0.39, 0.29) is 17.1 Å². The van der Waals surface area contributed by atoms with Crippen molar-refractivity contribution in [1.82, 2.24) is 4.90 Å². The number of amides is 1. The molecule has 0 saturated carbocycles. The predicted octanol–water partition coefficient (Wildman–Crippen LogP) is 2.89. The number of nitrogens with zero attached hydrogens (tertiary/aromatic N) is 1. The summed E-state index contributed by atoms with van der Waals surface area (Å²) in [5, 5.41) is 10.8. The maximum atomic E-state index is 13.1. The fourth-order valence-electron chi connectivity index (χ4n) is 5.23. The molecule has 1 fully saturated rings. The first-order valence-electron chi connectivity index (χ1n) is 9.79. The van der Waals surface area contributed by atoms with Crippen LogP contribution in [0.5, 0.6) is 0 Å². The Morgan fingerprint density at radius 3 is 2.78 bits per heavy atom. The number of aliphatic hydroxyl groups excluding tert-OH is 1. The van der Waals surface area contributed by atoms with Crippen LogP contribution >= 0.6 is 0 Å². The molecule has 5 nitrogen and oxygen atoms in total. The van der Waals surface area contributed by atoms with Crippen molar-refractivity contribution < 1.29 is 19.1 Å². The van der Waals surface area contributed by atoms with E-state index in [1.807, 2.05) is 17.0 Å². The lowest BCUT2D eigenvalue weighted by Gasteiger charge is -2.42. The van der Waals surface area contributed by atoms with Gasteiger partial charge in [0.15, 0.2) is 5.78 Å². The Bertz CT molecular complexity index is 920. The van der Waals surface area contributed by atoms with Crippen molar-refractivity contribution in [3.8, 4) is 0 Å². The number of aliphatic hydroxyl groups is 1. The van der Waals surface area contributed by atoms with Gasteiger partial charge in [0.25, 0.3) is 5.91 Å². The first-order valence-corrected chi connectivity index (χ1v) is 9.79. The Hall–Kier alpha value is -2.40. The molecule has 0 bridgehead atoms. The minimum absolute atomic E-state index is 0.0157. The number of furan rings is 1. The summed E-state index contributed by atoms with van der Waals surface area (Å²) in [6, 6.07) is 8.25. The second-order valence-corrected chi connectivity index (χ2v) is 8.05. The molecule has 27 heavy (non-hydrogen) atoms. The number of fused-ring (bicyclic) bond motifs is 3. The van der Waals surface area contributed by atoms with Gasteiger partial charge in [-0.25, -0.2) is 0 Å². The second kappa shape index (κ2) is 6.06. The lowest BCUT2D eigenvalue weighted by atomic mass is 9.72. The van der Waals surface area contributed by atoms with Crippen molar-refractivity contribution >= 4 is 11.7 Å². The highest BCUT2D eigenvalue weighted by molar-refractivity contribution is 6.09. The normalized spacial score (nSPS) is 23.4. The minimum Gasteiger partial charge on any atom is -0.468 e. The number of carbonyl (C=O) groups excluding carboxylic acids is 2. The predicted molar refractivity (Wildman–Crippen MR) is 98.9 cm³/mol. The summed E-state index contributed by atoms with van der Waals surface area (Å²) in [5.74, 6) is 0.552. The molecule has 140 valence electrons. The average Bonchev–Trinajstić information content (AvgIpc) is 3.23. The number of ketones is 1. The molecule has 1 N–H and O–H groups in total. The maximum absolute atomic E-state index is 13.1. The average molecular weight is 365 g/mol. The molecule has 1 amide bonds. The third kappa shape index (κ3) is 2.41. The van der Waals surface area contributed by atoms with Crippen LogP contribution < -0.4 is 0 Å². The van der Waals surface area contributed by atoms with Crippen LogP contribution in [-0.2, 0) is 18.3 Å². The molecule has 1 aliphatic heterocycles. The van der Waals surface area contributed by atoms with Crippen LogP contribution in [0.25, 0.3) is 0 Å². The van der Waals surface area contributed by atoms with Gasteiger partial charge in [-0.15, -0.1) is 0 Å². The Kier molecular flexibility index (Phi) is 3.76. The van der Waals surface area contributed by atoms with E-state index in [2.05, 4.69) is 12.1 Å². The van der Waals surface area contributed by atoms with E-state index in [0.717, 1.165) is 25.7 Å². The quantitative estimate of drug-likeness (QED) is 0.844. The lowest BCUT2D eigenvalue weighted by Crippen LogP contribution is -2.49. The topological polar surface area (TPSA) is 70.8 Å². The lowest BCUT2D eigenvalue weighted by molar-refractivity contribution is 0.0364. The summed E-state index contributed by atoms with van der Waals surface area (Å²) in [7, 11) is 0.